The second-order valence-electron chi connectivity index (χ2n) is 6.44. The smallest absolute Gasteiger partial charge is 0.342 e. The van der Waals surface area contributed by atoms with Crippen molar-refractivity contribution in [2.24, 2.45) is 0 Å². The average Bonchev–Trinajstić information content (AvgIpc) is 3.23. The molecule has 0 aliphatic carbocycles. The standard InChI is InChI=1S/C21H24N2O4/c1-3-26-17-10-8-16(9-11-17)19(24)15(2)27-21(25)18-7-6-12-22-20(18)23-13-4-5-14-23/h6-12,15H,3-5,13-14H2,1-2H3/t15-/m1/s1. The zero-order valence-electron chi connectivity index (χ0n) is 15.7. The van der Waals surface area contributed by atoms with Crippen LogP contribution in [0.1, 0.15) is 47.4 Å². The Bertz CT molecular complexity index is 798. The summed E-state index contributed by atoms with van der Waals surface area (Å²) in [5.41, 5.74) is 0.871. The van der Waals surface area contributed by atoms with Crippen LogP contribution in [0.4, 0.5) is 5.82 Å². The summed E-state index contributed by atoms with van der Waals surface area (Å²) in [6, 6.07) is 10.2. The monoisotopic (exact) mass is 368 g/mol. The summed E-state index contributed by atoms with van der Waals surface area (Å²) in [4.78, 5) is 31.6. The Morgan fingerprint density at radius 1 is 1.15 bits per heavy atom. The van der Waals surface area contributed by atoms with Crippen LogP contribution < -0.4 is 9.64 Å². The third-order valence-electron chi connectivity index (χ3n) is 4.52. The summed E-state index contributed by atoms with van der Waals surface area (Å²) < 4.78 is 10.8. The van der Waals surface area contributed by atoms with E-state index in [1.165, 1.54) is 0 Å². The number of hydrogen-bond acceptors (Lipinski definition) is 6. The first-order valence-electron chi connectivity index (χ1n) is 9.28. The van der Waals surface area contributed by atoms with Gasteiger partial charge in [0.05, 0.1) is 6.61 Å². The van der Waals surface area contributed by atoms with Gasteiger partial charge < -0.3 is 14.4 Å². The van der Waals surface area contributed by atoms with Gasteiger partial charge in [0, 0.05) is 24.8 Å². The second-order valence-corrected chi connectivity index (χ2v) is 6.44. The molecule has 1 fully saturated rings. The molecule has 1 aliphatic heterocycles. The number of anilines is 1. The summed E-state index contributed by atoms with van der Waals surface area (Å²) >= 11 is 0. The van der Waals surface area contributed by atoms with Crippen molar-refractivity contribution in [3.8, 4) is 5.75 Å². The molecule has 1 saturated heterocycles. The van der Waals surface area contributed by atoms with Gasteiger partial charge in [0.15, 0.2) is 6.10 Å². The summed E-state index contributed by atoms with van der Waals surface area (Å²) in [6.07, 6.45) is 2.94. The molecule has 1 aliphatic rings. The number of Topliss-reactive ketones (excluding diaryl/α,β-unsaturated/α-hetero) is 1. The van der Waals surface area contributed by atoms with Crippen molar-refractivity contribution in [2.75, 3.05) is 24.6 Å². The average molecular weight is 368 g/mol. The predicted octanol–water partition coefficient (Wildman–Crippen LogP) is 3.51. The highest BCUT2D eigenvalue weighted by Crippen LogP contribution is 2.23. The van der Waals surface area contributed by atoms with E-state index in [4.69, 9.17) is 9.47 Å². The van der Waals surface area contributed by atoms with E-state index < -0.39 is 12.1 Å². The topological polar surface area (TPSA) is 68.7 Å². The largest absolute Gasteiger partial charge is 0.494 e. The highest BCUT2D eigenvalue weighted by Gasteiger charge is 2.25. The normalized spacial score (nSPS) is 14.7. The second kappa shape index (κ2) is 8.66. The van der Waals surface area contributed by atoms with Crippen molar-refractivity contribution in [1.29, 1.82) is 0 Å². The molecule has 3 rings (SSSR count). The Balaban J connectivity index is 1.69. The number of ketones is 1. The number of aromatic nitrogens is 1. The summed E-state index contributed by atoms with van der Waals surface area (Å²) in [5.74, 6) is 0.542. The van der Waals surface area contributed by atoms with Crippen LogP contribution in [0.25, 0.3) is 0 Å². The zero-order valence-corrected chi connectivity index (χ0v) is 15.7. The molecule has 2 aromatic rings. The van der Waals surface area contributed by atoms with E-state index in [2.05, 4.69) is 9.88 Å². The number of carbonyl (C=O) groups is 2. The molecule has 6 heteroatoms. The van der Waals surface area contributed by atoms with Crippen molar-refractivity contribution in [1.82, 2.24) is 4.98 Å². The number of rotatable bonds is 7. The molecule has 27 heavy (non-hydrogen) atoms. The van der Waals surface area contributed by atoms with Crippen LogP contribution in [0.3, 0.4) is 0 Å². The summed E-state index contributed by atoms with van der Waals surface area (Å²) in [6.45, 7) is 5.79. The minimum absolute atomic E-state index is 0.252. The van der Waals surface area contributed by atoms with E-state index in [-0.39, 0.29) is 5.78 Å². The third kappa shape index (κ3) is 4.45. The van der Waals surface area contributed by atoms with Gasteiger partial charge in [-0.2, -0.15) is 0 Å². The van der Waals surface area contributed by atoms with Gasteiger partial charge in [0.2, 0.25) is 5.78 Å². The first kappa shape index (κ1) is 18.9. The number of nitrogens with zero attached hydrogens (tertiary/aromatic N) is 2. The number of pyridine rings is 1. The van der Waals surface area contributed by atoms with Gasteiger partial charge >= 0.3 is 5.97 Å². The highest BCUT2D eigenvalue weighted by molar-refractivity contribution is 6.02. The molecule has 142 valence electrons. The number of ether oxygens (including phenoxy) is 2. The Morgan fingerprint density at radius 2 is 1.85 bits per heavy atom. The quantitative estimate of drug-likeness (QED) is 0.550. The SMILES string of the molecule is CCOc1ccc(C(=O)[C@@H](C)OC(=O)c2cccnc2N2CCCC2)cc1. The number of benzene rings is 1. The molecule has 0 unspecified atom stereocenters. The Kier molecular flexibility index (Phi) is 6.06. The van der Waals surface area contributed by atoms with E-state index in [0.29, 0.717) is 29.3 Å². The van der Waals surface area contributed by atoms with Gasteiger partial charge in [-0.25, -0.2) is 9.78 Å². The van der Waals surface area contributed by atoms with E-state index in [1.807, 2.05) is 6.92 Å². The molecule has 0 amide bonds. The highest BCUT2D eigenvalue weighted by atomic mass is 16.5. The first-order valence-corrected chi connectivity index (χ1v) is 9.28. The summed E-state index contributed by atoms with van der Waals surface area (Å²) in [5, 5.41) is 0. The van der Waals surface area contributed by atoms with Crippen LogP contribution in [0.5, 0.6) is 5.75 Å². The van der Waals surface area contributed by atoms with Gasteiger partial charge in [-0.3, -0.25) is 4.79 Å². The lowest BCUT2D eigenvalue weighted by atomic mass is 10.1. The maximum absolute atomic E-state index is 12.6. The molecule has 0 bridgehead atoms. The maximum Gasteiger partial charge on any atom is 0.342 e. The molecule has 0 saturated carbocycles. The molecule has 0 spiro atoms. The molecular formula is C21H24N2O4. The van der Waals surface area contributed by atoms with Gasteiger partial charge in [-0.15, -0.1) is 0 Å². The van der Waals surface area contributed by atoms with Crippen molar-refractivity contribution >= 4 is 17.6 Å². The van der Waals surface area contributed by atoms with Crippen molar-refractivity contribution < 1.29 is 19.1 Å². The van der Waals surface area contributed by atoms with Crippen LogP contribution in [0.2, 0.25) is 0 Å². The molecule has 0 radical (unpaired) electrons. The first-order chi connectivity index (χ1) is 13.1. The minimum Gasteiger partial charge on any atom is -0.494 e. The van der Waals surface area contributed by atoms with E-state index in [9.17, 15) is 9.59 Å². The molecule has 2 heterocycles. The number of esters is 1. The van der Waals surface area contributed by atoms with Gasteiger partial charge in [0.1, 0.15) is 17.1 Å². The number of carbonyl (C=O) groups excluding carboxylic acids is 2. The van der Waals surface area contributed by atoms with E-state index in [0.717, 1.165) is 25.9 Å². The van der Waals surface area contributed by atoms with Crippen LogP contribution >= 0.6 is 0 Å². The van der Waals surface area contributed by atoms with Crippen LogP contribution in [-0.4, -0.2) is 42.5 Å². The molecule has 1 aromatic carbocycles. The lowest BCUT2D eigenvalue weighted by Gasteiger charge is -2.20. The molecule has 1 atom stereocenters. The lowest BCUT2D eigenvalue weighted by molar-refractivity contribution is 0.0319. The van der Waals surface area contributed by atoms with Crippen molar-refractivity contribution in [3.63, 3.8) is 0 Å². The fraction of sp³-hybridized carbons (Fsp3) is 0.381. The molecule has 6 nitrogen and oxygen atoms in total. The van der Waals surface area contributed by atoms with E-state index >= 15 is 0 Å². The summed E-state index contributed by atoms with van der Waals surface area (Å²) in [7, 11) is 0. The van der Waals surface area contributed by atoms with Crippen LogP contribution in [0.15, 0.2) is 42.6 Å². The van der Waals surface area contributed by atoms with Gasteiger partial charge in [-0.05, 0) is 63.1 Å². The zero-order chi connectivity index (χ0) is 19.2. The Labute approximate surface area is 159 Å². The van der Waals surface area contributed by atoms with Gasteiger partial charge in [-0.1, -0.05) is 0 Å². The van der Waals surface area contributed by atoms with Crippen molar-refractivity contribution in [2.45, 2.75) is 32.8 Å². The predicted molar refractivity (Wildman–Crippen MR) is 103 cm³/mol. The molecule has 0 N–H and O–H groups in total. The fourth-order valence-electron chi connectivity index (χ4n) is 3.13. The minimum atomic E-state index is -0.887. The third-order valence-corrected chi connectivity index (χ3v) is 4.52. The molecule has 1 aromatic heterocycles. The van der Waals surface area contributed by atoms with Crippen LogP contribution in [0, 0.1) is 0 Å². The van der Waals surface area contributed by atoms with Crippen molar-refractivity contribution in [3.05, 3.63) is 53.7 Å². The van der Waals surface area contributed by atoms with E-state index in [1.54, 1.807) is 49.5 Å². The Morgan fingerprint density at radius 3 is 2.52 bits per heavy atom. The number of hydrogen-bond donors (Lipinski definition) is 0. The lowest BCUT2D eigenvalue weighted by Crippen LogP contribution is -2.27. The van der Waals surface area contributed by atoms with Gasteiger partial charge in [0.25, 0.3) is 0 Å². The fourth-order valence-corrected chi connectivity index (χ4v) is 3.13. The van der Waals surface area contributed by atoms with Crippen LogP contribution in [-0.2, 0) is 4.74 Å². The Hall–Kier alpha value is -2.89. The molecular weight excluding hydrogens is 344 g/mol. The maximum atomic E-state index is 12.6.